The topological polar surface area (TPSA) is 67.9 Å². The van der Waals surface area contributed by atoms with Gasteiger partial charge in [-0.1, -0.05) is 12.1 Å². The standard InChI is InChI=1S/C22H24N2O4/c1-27-16-10-11-19(20(13-16)28-2)23-14-6-5-7-15(12-14)24-21(25)17-8-3-4-9-18(17)22(24)26/h3-4,8-11,13-15,23H,5-7,12H2,1-2H3/t14-,15+/m0/s1. The van der Waals surface area contributed by atoms with Crippen LogP contribution in [0.5, 0.6) is 11.5 Å². The number of hydrogen-bond donors (Lipinski definition) is 1. The summed E-state index contributed by atoms with van der Waals surface area (Å²) in [6.45, 7) is 0. The van der Waals surface area contributed by atoms with Gasteiger partial charge < -0.3 is 14.8 Å². The summed E-state index contributed by atoms with van der Waals surface area (Å²) in [7, 11) is 3.25. The number of rotatable bonds is 5. The fraction of sp³-hybridized carbons (Fsp3) is 0.364. The maximum absolute atomic E-state index is 12.8. The van der Waals surface area contributed by atoms with Crippen molar-refractivity contribution in [2.45, 2.75) is 37.8 Å². The van der Waals surface area contributed by atoms with E-state index in [1.165, 1.54) is 4.90 Å². The van der Waals surface area contributed by atoms with E-state index in [1.54, 1.807) is 38.5 Å². The van der Waals surface area contributed by atoms with E-state index in [1.807, 2.05) is 18.2 Å². The normalized spacial score (nSPS) is 21.4. The van der Waals surface area contributed by atoms with Gasteiger partial charge in [-0.05, 0) is 49.9 Å². The van der Waals surface area contributed by atoms with Gasteiger partial charge >= 0.3 is 0 Å². The van der Waals surface area contributed by atoms with Gasteiger partial charge in [0.25, 0.3) is 11.8 Å². The molecule has 1 aliphatic heterocycles. The van der Waals surface area contributed by atoms with Crippen LogP contribution in [0.2, 0.25) is 0 Å². The lowest BCUT2D eigenvalue weighted by Gasteiger charge is -2.35. The zero-order valence-corrected chi connectivity index (χ0v) is 16.1. The molecule has 146 valence electrons. The minimum absolute atomic E-state index is 0.0945. The summed E-state index contributed by atoms with van der Waals surface area (Å²) in [6, 6.07) is 12.8. The lowest BCUT2D eigenvalue weighted by Crippen LogP contribution is -2.45. The Hall–Kier alpha value is -3.02. The number of carbonyl (C=O) groups is 2. The Morgan fingerprint density at radius 1 is 0.964 bits per heavy atom. The molecule has 4 rings (SSSR count). The molecule has 0 unspecified atom stereocenters. The molecule has 0 radical (unpaired) electrons. The molecule has 1 heterocycles. The van der Waals surface area contributed by atoms with E-state index >= 15 is 0 Å². The highest BCUT2D eigenvalue weighted by Crippen LogP contribution is 2.34. The molecule has 1 saturated carbocycles. The molecule has 2 atom stereocenters. The number of nitrogens with one attached hydrogen (secondary N) is 1. The second-order valence-corrected chi connectivity index (χ2v) is 7.25. The van der Waals surface area contributed by atoms with E-state index in [4.69, 9.17) is 9.47 Å². The van der Waals surface area contributed by atoms with Crippen molar-refractivity contribution in [3.8, 4) is 11.5 Å². The summed E-state index contributed by atoms with van der Waals surface area (Å²) in [4.78, 5) is 27.0. The Bertz CT molecular complexity index is 876. The third-order valence-corrected chi connectivity index (χ3v) is 5.61. The van der Waals surface area contributed by atoms with Gasteiger partial charge in [-0.2, -0.15) is 0 Å². The van der Waals surface area contributed by atoms with E-state index in [0.29, 0.717) is 16.9 Å². The predicted octanol–water partition coefficient (Wildman–Crippen LogP) is 3.72. The van der Waals surface area contributed by atoms with Crippen LogP contribution >= 0.6 is 0 Å². The second-order valence-electron chi connectivity index (χ2n) is 7.25. The number of imide groups is 1. The molecule has 2 aromatic rings. The summed E-state index contributed by atoms with van der Waals surface area (Å²) in [6.07, 6.45) is 3.49. The highest BCUT2D eigenvalue weighted by Gasteiger charge is 2.41. The SMILES string of the molecule is COc1ccc(N[C@H]2CCC[C@@H](N3C(=O)c4ccccc4C3=O)C2)c(OC)c1. The van der Waals surface area contributed by atoms with Gasteiger partial charge in [0, 0.05) is 18.2 Å². The van der Waals surface area contributed by atoms with E-state index in [-0.39, 0.29) is 23.9 Å². The number of fused-ring (bicyclic) bond motifs is 1. The molecule has 6 heteroatoms. The van der Waals surface area contributed by atoms with Crippen LogP contribution in [0.15, 0.2) is 42.5 Å². The van der Waals surface area contributed by atoms with Crippen LogP contribution in [0.1, 0.15) is 46.4 Å². The van der Waals surface area contributed by atoms with Gasteiger partial charge in [0.15, 0.2) is 0 Å². The molecule has 1 fully saturated rings. The molecule has 6 nitrogen and oxygen atoms in total. The lowest BCUT2D eigenvalue weighted by atomic mass is 9.89. The number of methoxy groups -OCH3 is 2. The largest absolute Gasteiger partial charge is 0.497 e. The molecule has 2 aromatic carbocycles. The second kappa shape index (κ2) is 7.54. The zero-order chi connectivity index (χ0) is 19.7. The zero-order valence-electron chi connectivity index (χ0n) is 16.1. The first kappa shape index (κ1) is 18.3. The molecule has 0 spiro atoms. The fourth-order valence-corrected chi connectivity index (χ4v) is 4.21. The Balaban J connectivity index is 1.50. The van der Waals surface area contributed by atoms with E-state index in [0.717, 1.165) is 37.1 Å². The Kier molecular flexibility index (Phi) is 4.94. The van der Waals surface area contributed by atoms with Crippen molar-refractivity contribution in [3.05, 3.63) is 53.6 Å². The van der Waals surface area contributed by atoms with Gasteiger partial charge in [0.1, 0.15) is 11.5 Å². The van der Waals surface area contributed by atoms with E-state index < -0.39 is 0 Å². The summed E-state index contributed by atoms with van der Waals surface area (Å²) in [5.74, 6) is 1.10. The van der Waals surface area contributed by atoms with Gasteiger partial charge in [0.2, 0.25) is 0 Å². The molecule has 28 heavy (non-hydrogen) atoms. The number of benzene rings is 2. The summed E-state index contributed by atoms with van der Waals surface area (Å²) in [5.41, 5.74) is 1.91. The van der Waals surface area contributed by atoms with Crippen LogP contribution in [0, 0.1) is 0 Å². The van der Waals surface area contributed by atoms with Gasteiger partial charge in [-0.15, -0.1) is 0 Å². The number of amides is 2. The smallest absolute Gasteiger partial charge is 0.261 e. The molecule has 2 amide bonds. The van der Waals surface area contributed by atoms with E-state index in [9.17, 15) is 9.59 Å². The minimum atomic E-state index is -0.173. The highest BCUT2D eigenvalue weighted by atomic mass is 16.5. The van der Waals surface area contributed by atoms with Crippen molar-refractivity contribution < 1.29 is 19.1 Å². The van der Waals surface area contributed by atoms with Crippen LogP contribution in [-0.4, -0.2) is 43.0 Å². The molecular weight excluding hydrogens is 356 g/mol. The molecule has 0 saturated heterocycles. The first-order chi connectivity index (χ1) is 13.6. The Morgan fingerprint density at radius 3 is 2.32 bits per heavy atom. The Morgan fingerprint density at radius 2 is 1.68 bits per heavy atom. The maximum atomic E-state index is 12.8. The number of nitrogens with zero attached hydrogens (tertiary/aromatic N) is 1. The number of ether oxygens (including phenoxy) is 2. The van der Waals surface area contributed by atoms with Crippen molar-refractivity contribution in [2.75, 3.05) is 19.5 Å². The highest BCUT2D eigenvalue weighted by molar-refractivity contribution is 6.21. The monoisotopic (exact) mass is 380 g/mol. The fourth-order valence-electron chi connectivity index (χ4n) is 4.21. The molecule has 0 bridgehead atoms. The average molecular weight is 380 g/mol. The van der Waals surface area contributed by atoms with Crippen LogP contribution in [0.25, 0.3) is 0 Å². The van der Waals surface area contributed by atoms with Crippen molar-refractivity contribution in [2.24, 2.45) is 0 Å². The number of anilines is 1. The number of hydrogen-bond acceptors (Lipinski definition) is 5. The maximum Gasteiger partial charge on any atom is 0.261 e. The van der Waals surface area contributed by atoms with Crippen LogP contribution < -0.4 is 14.8 Å². The third kappa shape index (κ3) is 3.19. The first-order valence-corrected chi connectivity index (χ1v) is 9.58. The van der Waals surface area contributed by atoms with Crippen LogP contribution in [0.3, 0.4) is 0 Å². The average Bonchev–Trinajstić information content (AvgIpc) is 2.99. The Labute approximate surface area is 164 Å². The molecule has 1 N–H and O–H groups in total. The quantitative estimate of drug-likeness (QED) is 0.801. The molecular formula is C22H24N2O4. The van der Waals surface area contributed by atoms with Gasteiger partial charge in [0.05, 0.1) is 31.0 Å². The predicted molar refractivity (Wildman–Crippen MR) is 106 cm³/mol. The van der Waals surface area contributed by atoms with Gasteiger partial charge in [-0.25, -0.2) is 0 Å². The summed E-state index contributed by atoms with van der Waals surface area (Å²) in [5, 5.41) is 3.53. The van der Waals surface area contributed by atoms with Crippen molar-refractivity contribution in [1.29, 1.82) is 0 Å². The van der Waals surface area contributed by atoms with Gasteiger partial charge in [-0.3, -0.25) is 14.5 Å². The lowest BCUT2D eigenvalue weighted by molar-refractivity contribution is 0.0544. The molecule has 0 aromatic heterocycles. The minimum Gasteiger partial charge on any atom is -0.497 e. The first-order valence-electron chi connectivity index (χ1n) is 9.58. The number of carbonyl (C=O) groups excluding carboxylic acids is 2. The molecule has 1 aliphatic carbocycles. The summed E-state index contributed by atoms with van der Waals surface area (Å²) < 4.78 is 10.7. The van der Waals surface area contributed by atoms with Crippen molar-refractivity contribution in [1.82, 2.24) is 4.90 Å². The molecule has 2 aliphatic rings. The summed E-state index contributed by atoms with van der Waals surface area (Å²) >= 11 is 0. The van der Waals surface area contributed by atoms with Crippen molar-refractivity contribution in [3.63, 3.8) is 0 Å². The van der Waals surface area contributed by atoms with Crippen molar-refractivity contribution >= 4 is 17.5 Å². The third-order valence-electron chi connectivity index (χ3n) is 5.61. The van der Waals surface area contributed by atoms with Crippen LogP contribution in [0.4, 0.5) is 5.69 Å². The van der Waals surface area contributed by atoms with E-state index in [2.05, 4.69) is 5.32 Å². The van der Waals surface area contributed by atoms with Crippen LogP contribution in [-0.2, 0) is 0 Å².